The number of ether oxygens (including phenoxy) is 2. The molecule has 0 aliphatic heterocycles. The van der Waals surface area contributed by atoms with E-state index in [0.29, 0.717) is 10.1 Å². The molecular weight excluding hydrogens is 417 g/mol. The van der Waals surface area contributed by atoms with Crippen molar-refractivity contribution in [3.05, 3.63) is 0 Å². The summed E-state index contributed by atoms with van der Waals surface area (Å²) in [6.45, 7) is 15.8. The second-order valence-corrected chi connectivity index (χ2v) is 18.0. The average molecular weight is 467 g/mol. The van der Waals surface area contributed by atoms with Crippen molar-refractivity contribution in [2.45, 2.75) is 127 Å². The maximum absolute atomic E-state index is 6.49. The Kier molecular flexibility index (Phi) is 22.1. The third-order valence-electron chi connectivity index (χ3n) is 5.21. The Morgan fingerprint density at radius 1 is 0.536 bits per heavy atom. The van der Waals surface area contributed by atoms with Crippen LogP contribution in [-0.4, -0.2) is 40.9 Å². The van der Waals surface area contributed by atoms with Crippen LogP contribution in [0.5, 0.6) is 0 Å². The lowest BCUT2D eigenvalue weighted by Gasteiger charge is -2.29. The van der Waals surface area contributed by atoms with Crippen molar-refractivity contribution in [2.75, 3.05) is 13.2 Å². The maximum atomic E-state index is 6.49. The Labute approximate surface area is 188 Å². The van der Waals surface area contributed by atoms with E-state index >= 15 is 0 Å². The lowest BCUT2D eigenvalue weighted by molar-refractivity contribution is 0.148. The third-order valence-corrected chi connectivity index (χ3v) is 19.0. The second kappa shape index (κ2) is 21.3. The van der Waals surface area contributed by atoms with Gasteiger partial charge in [0.25, 0.3) is 0 Å². The fourth-order valence-electron chi connectivity index (χ4n) is 3.60. The van der Waals surface area contributed by atoms with Gasteiger partial charge in [-0.1, -0.05) is 126 Å². The molecule has 0 fully saturated rings. The molecule has 0 rings (SSSR count). The van der Waals surface area contributed by atoms with Crippen LogP contribution in [0.4, 0.5) is 0 Å². The zero-order valence-electron chi connectivity index (χ0n) is 19.8. The minimum atomic E-state index is -0.867. The molecule has 2 nitrogen and oxygen atoms in total. The number of rotatable bonds is 21. The summed E-state index contributed by atoms with van der Waals surface area (Å²) >= 11 is 0. The predicted molar refractivity (Wildman–Crippen MR) is 139 cm³/mol. The van der Waals surface area contributed by atoms with Crippen LogP contribution in [-0.2, 0) is 9.47 Å². The molecule has 0 spiro atoms. The topological polar surface area (TPSA) is 18.5 Å². The van der Waals surface area contributed by atoms with Crippen LogP contribution in [0.25, 0.3) is 0 Å². The molecular formula is C22H50O2S2Si2. The van der Waals surface area contributed by atoms with Gasteiger partial charge < -0.3 is 9.47 Å². The summed E-state index contributed by atoms with van der Waals surface area (Å²) in [7, 11) is 2.41. The quantitative estimate of drug-likeness (QED) is 0.0742. The molecule has 0 N–H and O–H groups in total. The molecule has 28 heavy (non-hydrogen) atoms. The molecule has 0 saturated heterocycles. The molecule has 0 bridgehead atoms. The average Bonchev–Trinajstić information content (AvgIpc) is 2.69. The van der Waals surface area contributed by atoms with E-state index in [1.165, 1.54) is 75.5 Å². The number of hydrogen-bond donors (Lipinski definition) is 0. The molecule has 2 atom stereocenters. The molecule has 0 aliphatic carbocycles. The van der Waals surface area contributed by atoms with Gasteiger partial charge in [0.2, 0.25) is 0 Å². The van der Waals surface area contributed by atoms with E-state index in [1.807, 2.05) is 0 Å². The van der Waals surface area contributed by atoms with Crippen molar-refractivity contribution in [1.82, 2.24) is 0 Å². The van der Waals surface area contributed by atoms with Gasteiger partial charge in [0.15, 0.2) is 0 Å². The van der Waals surface area contributed by atoms with Crippen LogP contribution in [0.15, 0.2) is 0 Å². The molecule has 0 aromatic heterocycles. The Hall–Kier alpha value is 1.05. The maximum Gasteiger partial charge on any atom is 0.0980 e. The van der Waals surface area contributed by atoms with E-state index in [-0.39, 0.29) is 0 Å². The summed E-state index contributed by atoms with van der Waals surface area (Å²) in [4.78, 5) is 0. The summed E-state index contributed by atoms with van der Waals surface area (Å²) in [6, 6.07) is 5.68. The van der Waals surface area contributed by atoms with E-state index in [9.17, 15) is 0 Å². The van der Waals surface area contributed by atoms with Crippen molar-refractivity contribution < 1.29 is 9.47 Å². The van der Waals surface area contributed by atoms with Crippen LogP contribution >= 0.6 is 21.6 Å². The van der Waals surface area contributed by atoms with Gasteiger partial charge in [-0.2, -0.15) is 0 Å². The first-order chi connectivity index (χ1) is 13.7. The fourth-order valence-corrected chi connectivity index (χ4v) is 17.4. The van der Waals surface area contributed by atoms with Crippen molar-refractivity contribution in [3.63, 3.8) is 0 Å². The van der Waals surface area contributed by atoms with Crippen molar-refractivity contribution in [2.24, 2.45) is 0 Å². The number of hydrogen-bond acceptors (Lipinski definition) is 4. The zero-order valence-corrected chi connectivity index (χ0v) is 23.8. The predicted octanol–water partition coefficient (Wildman–Crippen LogP) is 7.83. The summed E-state index contributed by atoms with van der Waals surface area (Å²) in [6.07, 6.45) is 10.1. The van der Waals surface area contributed by atoms with Crippen LogP contribution in [0, 0.1) is 0 Å². The van der Waals surface area contributed by atoms with Gasteiger partial charge in [0.1, 0.15) is 0 Å². The molecule has 0 heterocycles. The highest BCUT2D eigenvalue weighted by Crippen LogP contribution is 2.38. The summed E-state index contributed by atoms with van der Waals surface area (Å²) < 4.78 is 13.0. The van der Waals surface area contributed by atoms with Crippen molar-refractivity contribution in [1.29, 1.82) is 0 Å². The van der Waals surface area contributed by atoms with Gasteiger partial charge in [-0.25, -0.2) is 0 Å². The molecule has 0 amide bonds. The molecule has 0 aromatic rings. The summed E-state index contributed by atoms with van der Waals surface area (Å²) in [5, 5.41) is 0.929. The van der Waals surface area contributed by atoms with E-state index in [4.69, 9.17) is 9.47 Å². The monoisotopic (exact) mass is 466 g/mol. The minimum absolute atomic E-state index is 0.464. The Morgan fingerprint density at radius 3 is 1.11 bits per heavy atom. The molecule has 0 saturated carbocycles. The normalized spacial score (nSPS) is 14.1. The molecule has 2 unspecified atom stereocenters. The lowest BCUT2D eigenvalue weighted by atomic mass is 10.4. The van der Waals surface area contributed by atoms with Gasteiger partial charge in [0, 0.05) is 13.2 Å². The van der Waals surface area contributed by atoms with E-state index in [2.05, 4.69) is 63.1 Å². The van der Waals surface area contributed by atoms with Gasteiger partial charge in [-0.3, -0.25) is 0 Å². The smallest absolute Gasteiger partial charge is 0.0980 e. The Bertz CT molecular complexity index is 283. The molecule has 0 aliphatic rings. The van der Waals surface area contributed by atoms with Gasteiger partial charge in [-0.15, -0.1) is 0 Å². The Balaban J connectivity index is 5.03. The number of unbranched alkanes of at least 4 members (excludes halogenated alkanes) is 2. The fraction of sp³-hybridized carbons (Fsp3) is 1.00. The van der Waals surface area contributed by atoms with E-state index in [1.54, 1.807) is 0 Å². The Morgan fingerprint density at radius 2 is 0.857 bits per heavy atom. The third kappa shape index (κ3) is 14.1. The summed E-state index contributed by atoms with van der Waals surface area (Å²) in [5.74, 6) is 0. The first-order valence-corrected chi connectivity index (χ1v) is 19.1. The first-order valence-electron chi connectivity index (χ1n) is 12.2. The van der Waals surface area contributed by atoms with E-state index in [0.717, 1.165) is 13.2 Å². The molecule has 0 radical (unpaired) electrons. The molecule has 170 valence electrons. The molecule has 0 aromatic carbocycles. The van der Waals surface area contributed by atoms with Gasteiger partial charge in [-0.05, 0) is 12.8 Å². The van der Waals surface area contributed by atoms with Crippen molar-refractivity contribution in [3.8, 4) is 0 Å². The highest BCUT2D eigenvalue weighted by molar-refractivity contribution is 8.77. The van der Waals surface area contributed by atoms with Crippen LogP contribution < -0.4 is 0 Å². The van der Waals surface area contributed by atoms with Gasteiger partial charge in [0.05, 0.1) is 27.7 Å². The van der Waals surface area contributed by atoms with Crippen LogP contribution in [0.1, 0.15) is 92.9 Å². The minimum Gasteiger partial charge on any atom is -0.371 e. The van der Waals surface area contributed by atoms with E-state index < -0.39 is 17.6 Å². The standard InChI is InChI=1S/C22H50O2S2Si2/c1-7-13-15-23-21(27(17-9-3)18-10-4)25-26-22(24-16-14-8-2)28(19-11-5)20-12-6/h21-22,27-28H,7-20H2,1-6H3. The van der Waals surface area contributed by atoms with Gasteiger partial charge >= 0.3 is 0 Å². The highest BCUT2D eigenvalue weighted by atomic mass is 33.1. The second-order valence-electron chi connectivity index (χ2n) is 8.05. The van der Waals surface area contributed by atoms with Crippen molar-refractivity contribution >= 4 is 39.2 Å². The van der Waals surface area contributed by atoms with Crippen LogP contribution in [0.3, 0.4) is 0 Å². The van der Waals surface area contributed by atoms with Crippen LogP contribution in [0.2, 0.25) is 24.2 Å². The first kappa shape index (κ1) is 29.1. The zero-order chi connectivity index (χ0) is 21.0. The largest absolute Gasteiger partial charge is 0.371 e. The highest BCUT2D eigenvalue weighted by Gasteiger charge is 2.28. The SMILES string of the molecule is CCCCOC(SSC(OCCCC)[SiH](CCC)CCC)[SiH](CCC)CCC. The summed E-state index contributed by atoms with van der Waals surface area (Å²) in [5.41, 5.74) is 0. The molecule has 6 heteroatoms. The lowest BCUT2D eigenvalue weighted by Crippen LogP contribution is -2.33.